The molecule has 114 valence electrons. The molecule has 0 unspecified atom stereocenters. The number of carbonyl (C=O) groups is 1. The van der Waals surface area contributed by atoms with E-state index in [0.29, 0.717) is 5.69 Å². The number of anilines is 2. The van der Waals surface area contributed by atoms with E-state index in [0.717, 1.165) is 22.5 Å². The molecular weight excluding hydrogens is 276 g/mol. The van der Waals surface area contributed by atoms with Crippen LogP contribution in [-0.2, 0) is 4.79 Å². The first-order valence-electron chi connectivity index (χ1n) is 7.05. The SMILES string of the molecule is C/C(=N\NC(=O)CNc1ccccc1C)c1ccc(N)cc1. The van der Waals surface area contributed by atoms with Crippen LogP contribution in [0, 0.1) is 6.92 Å². The topological polar surface area (TPSA) is 79.5 Å². The molecule has 2 rings (SSSR count). The second-order valence-electron chi connectivity index (χ2n) is 5.02. The molecule has 0 aliphatic rings. The smallest absolute Gasteiger partial charge is 0.259 e. The van der Waals surface area contributed by atoms with Gasteiger partial charge in [0.05, 0.1) is 12.3 Å². The van der Waals surface area contributed by atoms with Crippen LogP contribution in [0.3, 0.4) is 0 Å². The van der Waals surface area contributed by atoms with E-state index in [2.05, 4.69) is 15.8 Å². The molecule has 0 aliphatic carbocycles. The van der Waals surface area contributed by atoms with E-state index in [9.17, 15) is 4.79 Å². The molecule has 0 saturated heterocycles. The van der Waals surface area contributed by atoms with Crippen molar-refractivity contribution in [1.29, 1.82) is 0 Å². The van der Waals surface area contributed by atoms with Crippen LogP contribution in [0.1, 0.15) is 18.1 Å². The quantitative estimate of drug-likeness (QED) is 0.450. The minimum Gasteiger partial charge on any atom is -0.399 e. The molecule has 0 heterocycles. The van der Waals surface area contributed by atoms with Crippen molar-refractivity contribution in [2.24, 2.45) is 5.10 Å². The van der Waals surface area contributed by atoms with Gasteiger partial charge in [0.2, 0.25) is 0 Å². The number of nitrogens with zero attached hydrogens (tertiary/aromatic N) is 1. The van der Waals surface area contributed by atoms with Gasteiger partial charge in [-0.05, 0) is 43.2 Å². The lowest BCUT2D eigenvalue weighted by Crippen LogP contribution is -2.27. The van der Waals surface area contributed by atoms with Gasteiger partial charge in [-0.15, -0.1) is 0 Å². The van der Waals surface area contributed by atoms with Crippen molar-refractivity contribution in [3.8, 4) is 0 Å². The third kappa shape index (κ3) is 4.34. The third-order valence-electron chi connectivity index (χ3n) is 3.26. The number of hydrogen-bond donors (Lipinski definition) is 3. The summed E-state index contributed by atoms with van der Waals surface area (Å²) < 4.78 is 0. The minimum absolute atomic E-state index is 0.170. The number of nitrogen functional groups attached to an aromatic ring is 1. The Bertz CT molecular complexity index is 677. The van der Waals surface area contributed by atoms with Gasteiger partial charge in [-0.25, -0.2) is 5.43 Å². The standard InChI is InChI=1S/C17H20N4O/c1-12-5-3-4-6-16(12)19-11-17(22)21-20-13(2)14-7-9-15(18)10-8-14/h3-10,19H,11,18H2,1-2H3,(H,21,22)/b20-13+. The summed E-state index contributed by atoms with van der Waals surface area (Å²) in [5, 5.41) is 7.18. The van der Waals surface area contributed by atoms with Gasteiger partial charge in [-0.1, -0.05) is 30.3 Å². The Morgan fingerprint density at radius 1 is 1.14 bits per heavy atom. The zero-order valence-corrected chi connectivity index (χ0v) is 12.8. The summed E-state index contributed by atoms with van der Waals surface area (Å²) in [7, 11) is 0. The van der Waals surface area contributed by atoms with E-state index in [1.807, 2.05) is 50.2 Å². The zero-order chi connectivity index (χ0) is 15.9. The lowest BCUT2D eigenvalue weighted by molar-refractivity contribution is -0.119. The maximum absolute atomic E-state index is 11.8. The molecule has 5 heteroatoms. The molecular formula is C17H20N4O. The van der Waals surface area contributed by atoms with Crippen LogP contribution in [0.25, 0.3) is 0 Å². The van der Waals surface area contributed by atoms with Crippen molar-refractivity contribution < 1.29 is 4.79 Å². The second-order valence-corrected chi connectivity index (χ2v) is 5.02. The number of hydrogen-bond acceptors (Lipinski definition) is 4. The minimum atomic E-state index is -0.196. The van der Waals surface area contributed by atoms with Crippen molar-refractivity contribution in [2.45, 2.75) is 13.8 Å². The number of benzene rings is 2. The summed E-state index contributed by atoms with van der Waals surface area (Å²) in [6.45, 7) is 3.99. The van der Waals surface area contributed by atoms with Crippen LogP contribution in [0.2, 0.25) is 0 Å². The Morgan fingerprint density at radius 3 is 2.50 bits per heavy atom. The van der Waals surface area contributed by atoms with Crippen molar-refractivity contribution >= 4 is 23.0 Å². The van der Waals surface area contributed by atoms with Gasteiger partial charge in [0.15, 0.2) is 0 Å². The number of aryl methyl sites for hydroxylation is 1. The van der Waals surface area contributed by atoms with Crippen LogP contribution >= 0.6 is 0 Å². The van der Waals surface area contributed by atoms with E-state index >= 15 is 0 Å². The van der Waals surface area contributed by atoms with Gasteiger partial charge in [0.1, 0.15) is 0 Å². The molecule has 1 amide bonds. The van der Waals surface area contributed by atoms with Crippen LogP contribution in [0.5, 0.6) is 0 Å². The number of hydrazone groups is 1. The molecule has 22 heavy (non-hydrogen) atoms. The summed E-state index contributed by atoms with van der Waals surface area (Å²) in [5.41, 5.74) is 12.6. The van der Waals surface area contributed by atoms with Crippen LogP contribution in [0.15, 0.2) is 53.6 Å². The molecule has 0 saturated carbocycles. The number of carbonyl (C=O) groups excluding carboxylic acids is 1. The zero-order valence-electron chi connectivity index (χ0n) is 12.8. The highest BCUT2D eigenvalue weighted by atomic mass is 16.2. The van der Waals surface area contributed by atoms with Crippen molar-refractivity contribution in [2.75, 3.05) is 17.6 Å². The van der Waals surface area contributed by atoms with Crippen LogP contribution in [-0.4, -0.2) is 18.2 Å². The van der Waals surface area contributed by atoms with Crippen molar-refractivity contribution in [1.82, 2.24) is 5.43 Å². The van der Waals surface area contributed by atoms with Gasteiger partial charge >= 0.3 is 0 Å². The number of rotatable bonds is 5. The van der Waals surface area contributed by atoms with Crippen molar-refractivity contribution in [3.05, 3.63) is 59.7 Å². The molecule has 0 radical (unpaired) electrons. The van der Waals surface area contributed by atoms with Gasteiger partial charge in [0.25, 0.3) is 5.91 Å². The first-order chi connectivity index (χ1) is 10.6. The Morgan fingerprint density at radius 2 is 1.82 bits per heavy atom. The van der Waals surface area contributed by atoms with E-state index in [-0.39, 0.29) is 12.5 Å². The molecule has 0 fully saturated rings. The number of nitrogens with one attached hydrogen (secondary N) is 2. The van der Waals surface area contributed by atoms with E-state index < -0.39 is 0 Å². The molecule has 2 aromatic carbocycles. The third-order valence-corrected chi connectivity index (χ3v) is 3.26. The molecule has 0 spiro atoms. The summed E-state index contributed by atoms with van der Waals surface area (Å²) in [6, 6.07) is 15.1. The average molecular weight is 296 g/mol. The largest absolute Gasteiger partial charge is 0.399 e. The lowest BCUT2D eigenvalue weighted by Gasteiger charge is -2.08. The summed E-state index contributed by atoms with van der Waals surface area (Å²) in [6.07, 6.45) is 0. The summed E-state index contributed by atoms with van der Waals surface area (Å²) in [4.78, 5) is 11.8. The average Bonchev–Trinajstić information content (AvgIpc) is 2.52. The number of para-hydroxylation sites is 1. The van der Waals surface area contributed by atoms with Crippen LogP contribution in [0.4, 0.5) is 11.4 Å². The fourth-order valence-corrected chi connectivity index (χ4v) is 1.92. The van der Waals surface area contributed by atoms with E-state index in [4.69, 9.17) is 5.73 Å². The highest BCUT2D eigenvalue weighted by Crippen LogP contribution is 2.12. The van der Waals surface area contributed by atoms with Gasteiger partial charge in [-0.2, -0.15) is 5.10 Å². The number of nitrogens with two attached hydrogens (primary N) is 1. The first kappa shape index (κ1) is 15.6. The maximum Gasteiger partial charge on any atom is 0.259 e. The monoisotopic (exact) mass is 296 g/mol. The summed E-state index contributed by atoms with van der Waals surface area (Å²) >= 11 is 0. The van der Waals surface area contributed by atoms with Crippen LogP contribution < -0.4 is 16.5 Å². The summed E-state index contributed by atoms with van der Waals surface area (Å²) in [5.74, 6) is -0.196. The van der Waals surface area contributed by atoms with Gasteiger partial charge < -0.3 is 11.1 Å². The fraction of sp³-hybridized carbons (Fsp3) is 0.176. The highest BCUT2D eigenvalue weighted by Gasteiger charge is 2.02. The van der Waals surface area contributed by atoms with Gasteiger partial charge in [-0.3, -0.25) is 4.79 Å². The van der Waals surface area contributed by atoms with Gasteiger partial charge in [0, 0.05) is 11.4 Å². The molecule has 2 aromatic rings. The second kappa shape index (κ2) is 7.26. The highest BCUT2D eigenvalue weighted by molar-refractivity contribution is 5.99. The lowest BCUT2D eigenvalue weighted by atomic mass is 10.1. The first-order valence-corrected chi connectivity index (χ1v) is 7.05. The van der Waals surface area contributed by atoms with E-state index in [1.54, 1.807) is 12.1 Å². The Labute approximate surface area is 130 Å². The molecule has 0 bridgehead atoms. The molecule has 4 N–H and O–H groups in total. The molecule has 0 atom stereocenters. The molecule has 5 nitrogen and oxygen atoms in total. The predicted octanol–water partition coefficient (Wildman–Crippen LogP) is 2.53. The van der Waals surface area contributed by atoms with E-state index in [1.165, 1.54) is 0 Å². The predicted molar refractivity (Wildman–Crippen MR) is 90.9 cm³/mol. The maximum atomic E-state index is 11.8. The molecule has 0 aromatic heterocycles. The Hall–Kier alpha value is -2.82. The molecule has 0 aliphatic heterocycles. The Kier molecular flexibility index (Phi) is 5.14. The fourth-order valence-electron chi connectivity index (χ4n) is 1.92. The Balaban J connectivity index is 1.88. The normalized spacial score (nSPS) is 11.1. The van der Waals surface area contributed by atoms with Crippen molar-refractivity contribution in [3.63, 3.8) is 0 Å². The number of amides is 1.